The predicted molar refractivity (Wildman–Crippen MR) is 90.5 cm³/mol. The molecule has 1 saturated heterocycles. The van der Waals surface area contributed by atoms with E-state index in [1.165, 1.54) is 10.5 Å². The molecule has 0 spiro atoms. The van der Waals surface area contributed by atoms with Gasteiger partial charge < -0.3 is 10.6 Å². The summed E-state index contributed by atoms with van der Waals surface area (Å²) >= 11 is 7.94. The molecule has 0 aromatic heterocycles. The molecule has 1 aromatic rings. The zero-order valence-corrected chi connectivity index (χ0v) is 14.1. The minimum atomic E-state index is 0. The average Bonchev–Trinajstić information content (AvgIpc) is 2.49. The van der Waals surface area contributed by atoms with Gasteiger partial charge in [0.2, 0.25) is 5.91 Å². The molecule has 3 rings (SSSR count). The lowest BCUT2D eigenvalue weighted by molar-refractivity contribution is -0.126. The number of halogens is 2. The molecule has 6 heteroatoms. The number of rotatable bonds is 2. The first kappa shape index (κ1) is 16.9. The van der Waals surface area contributed by atoms with E-state index in [4.69, 9.17) is 11.6 Å². The Kier molecular flexibility index (Phi) is 6.23. The second kappa shape index (κ2) is 7.73. The van der Waals surface area contributed by atoms with Gasteiger partial charge in [-0.25, -0.2) is 0 Å². The van der Waals surface area contributed by atoms with Crippen LogP contribution in [0.2, 0.25) is 5.02 Å². The van der Waals surface area contributed by atoms with Crippen LogP contribution in [-0.2, 0) is 4.79 Å². The number of piperidine rings is 1. The van der Waals surface area contributed by atoms with Crippen LogP contribution in [0.3, 0.4) is 0 Å². The van der Waals surface area contributed by atoms with Crippen LogP contribution in [0.1, 0.15) is 30.9 Å². The van der Waals surface area contributed by atoms with Crippen LogP contribution in [0.25, 0.3) is 0 Å². The van der Waals surface area contributed by atoms with Crippen LogP contribution >= 0.6 is 35.8 Å². The zero-order valence-electron chi connectivity index (χ0n) is 11.7. The highest BCUT2D eigenvalue weighted by molar-refractivity contribution is 7.99. The minimum Gasteiger partial charge on any atom is -0.349 e. The van der Waals surface area contributed by atoms with Gasteiger partial charge in [-0.3, -0.25) is 4.79 Å². The van der Waals surface area contributed by atoms with E-state index < -0.39 is 0 Å². The van der Waals surface area contributed by atoms with Crippen LogP contribution in [-0.4, -0.2) is 24.7 Å². The van der Waals surface area contributed by atoms with Crippen molar-refractivity contribution in [1.29, 1.82) is 0 Å². The molecule has 0 saturated carbocycles. The summed E-state index contributed by atoms with van der Waals surface area (Å²) in [6, 6.07) is 6.10. The van der Waals surface area contributed by atoms with E-state index in [0.29, 0.717) is 0 Å². The SMILES string of the molecule is Cl.O=C(NC1CCSc2ccc(Cl)cc21)C1CCNCC1. The Hall–Kier alpha value is -0.420. The molecular weight excluding hydrogens is 327 g/mol. The second-order valence-corrected chi connectivity index (χ2v) is 6.98. The highest BCUT2D eigenvalue weighted by atomic mass is 35.5. The van der Waals surface area contributed by atoms with Crippen molar-refractivity contribution in [2.24, 2.45) is 5.92 Å². The Bertz CT molecular complexity index is 506. The first-order valence-corrected chi connectivity index (χ1v) is 8.54. The van der Waals surface area contributed by atoms with Gasteiger partial charge in [-0.1, -0.05) is 11.6 Å². The van der Waals surface area contributed by atoms with Crippen molar-refractivity contribution in [2.75, 3.05) is 18.8 Å². The number of carbonyl (C=O) groups excluding carboxylic acids is 1. The van der Waals surface area contributed by atoms with Crippen LogP contribution < -0.4 is 10.6 Å². The summed E-state index contributed by atoms with van der Waals surface area (Å²) in [7, 11) is 0. The molecule has 1 aromatic carbocycles. The van der Waals surface area contributed by atoms with Crippen molar-refractivity contribution < 1.29 is 4.79 Å². The molecule has 1 atom stereocenters. The Labute approximate surface area is 141 Å². The first-order chi connectivity index (χ1) is 9.74. The van der Waals surface area contributed by atoms with Crippen molar-refractivity contribution in [1.82, 2.24) is 10.6 Å². The summed E-state index contributed by atoms with van der Waals surface area (Å²) in [5, 5.41) is 7.27. The number of hydrogen-bond acceptors (Lipinski definition) is 3. The Morgan fingerprint density at radius 3 is 2.81 bits per heavy atom. The molecule has 3 nitrogen and oxygen atoms in total. The lowest BCUT2D eigenvalue weighted by atomic mass is 9.95. The normalized spacial score (nSPS) is 22.0. The minimum absolute atomic E-state index is 0. The summed E-state index contributed by atoms with van der Waals surface area (Å²) in [6.07, 6.45) is 2.86. The lowest BCUT2D eigenvalue weighted by Crippen LogP contribution is -2.40. The molecule has 2 aliphatic rings. The smallest absolute Gasteiger partial charge is 0.223 e. The maximum atomic E-state index is 12.4. The molecule has 2 heterocycles. The molecular formula is C15H20Cl2N2OS. The first-order valence-electron chi connectivity index (χ1n) is 7.17. The van der Waals surface area contributed by atoms with E-state index in [1.54, 1.807) is 0 Å². The van der Waals surface area contributed by atoms with Gasteiger partial charge in [0.05, 0.1) is 6.04 Å². The number of hydrogen-bond donors (Lipinski definition) is 2. The van der Waals surface area contributed by atoms with E-state index in [-0.39, 0.29) is 30.3 Å². The standard InChI is InChI=1S/C15H19ClN2OS.ClH/c16-11-1-2-14-12(9-11)13(5-8-20-14)18-15(19)10-3-6-17-7-4-10;/h1-2,9-10,13,17H,3-8H2,(H,18,19);1H. The lowest BCUT2D eigenvalue weighted by Gasteiger charge is -2.29. The highest BCUT2D eigenvalue weighted by Gasteiger charge is 2.26. The zero-order chi connectivity index (χ0) is 13.9. The van der Waals surface area contributed by atoms with Gasteiger partial charge in [0.25, 0.3) is 0 Å². The van der Waals surface area contributed by atoms with Crippen LogP contribution in [0.4, 0.5) is 0 Å². The van der Waals surface area contributed by atoms with Gasteiger partial charge >= 0.3 is 0 Å². The monoisotopic (exact) mass is 346 g/mol. The average molecular weight is 347 g/mol. The van der Waals surface area contributed by atoms with E-state index in [9.17, 15) is 4.79 Å². The molecule has 0 bridgehead atoms. The van der Waals surface area contributed by atoms with Gasteiger partial charge in [-0.2, -0.15) is 0 Å². The third-order valence-electron chi connectivity index (χ3n) is 4.04. The summed E-state index contributed by atoms with van der Waals surface area (Å²) in [6.45, 7) is 1.89. The fourth-order valence-electron chi connectivity index (χ4n) is 2.89. The molecule has 1 amide bonds. The number of fused-ring (bicyclic) bond motifs is 1. The summed E-state index contributed by atoms with van der Waals surface area (Å²) < 4.78 is 0. The third kappa shape index (κ3) is 4.07. The summed E-state index contributed by atoms with van der Waals surface area (Å²) in [4.78, 5) is 13.6. The number of thioether (sulfide) groups is 1. The highest BCUT2D eigenvalue weighted by Crippen LogP contribution is 2.37. The summed E-state index contributed by atoms with van der Waals surface area (Å²) in [5.41, 5.74) is 1.18. The van der Waals surface area contributed by atoms with Crippen LogP contribution in [0, 0.1) is 5.92 Å². The number of benzene rings is 1. The molecule has 0 aliphatic carbocycles. The van der Waals surface area contributed by atoms with Gasteiger partial charge in [0.15, 0.2) is 0 Å². The van der Waals surface area contributed by atoms with E-state index >= 15 is 0 Å². The second-order valence-electron chi connectivity index (χ2n) is 5.40. The van der Waals surface area contributed by atoms with Gasteiger partial charge in [-0.15, -0.1) is 24.2 Å². The molecule has 2 N–H and O–H groups in total. The summed E-state index contributed by atoms with van der Waals surface area (Å²) in [5.74, 6) is 1.41. The third-order valence-corrected chi connectivity index (χ3v) is 5.40. The van der Waals surface area contributed by atoms with Crippen molar-refractivity contribution in [3.8, 4) is 0 Å². The molecule has 1 fully saturated rings. The Morgan fingerprint density at radius 1 is 1.29 bits per heavy atom. The Balaban J connectivity index is 0.00000161. The molecule has 1 unspecified atom stereocenters. The maximum absolute atomic E-state index is 12.4. The molecule has 21 heavy (non-hydrogen) atoms. The molecule has 116 valence electrons. The fourth-order valence-corrected chi connectivity index (χ4v) is 4.18. The van der Waals surface area contributed by atoms with Gasteiger partial charge in [0.1, 0.15) is 0 Å². The van der Waals surface area contributed by atoms with Gasteiger partial charge in [-0.05, 0) is 56.1 Å². The molecule has 2 aliphatic heterocycles. The largest absolute Gasteiger partial charge is 0.349 e. The van der Waals surface area contributed by atoms with Crippen LogP contribution in [0.15, 0.2) is 23.1 Å². The van der Waals surface area contributed by atoms with Crippen molar-refractivity contribution in [3.05, 3.63) is 28.8 Å². The number of carbonyl (C=O) groups is 1. The van der Waals surface area contributed by atoms with Gasteiger partial charge in [0, 0.05) is 21.6 Å². The van der Waals surface area contributed by atoms with Crippen LogP contribution in [0.5, 0.6) is 0 Å². The van der Waals surface area contributed by atoms with Crippen molar-refractivity contribution in [2.45, 2.75) is 30.2 Å². The number of amides is 1. The van der Waals surface area contributed by atoms with Crippen molar-refractivity contribution >= 4 is 41.7 Å². The van der Waals surface area contributed by atoms with Crippen molar-refractivity contribution in [3.63, 3.8) is 0 Å². The number of nitrogens with one attached hydrogen (secondary N) is 2. The fraction of sp³-hybridized carbons (Fsp3) is 0.533. The molecule has 0 radical (unpaired) electrons. The van der Waals surface area contributed by atoms with E-state index in [1.807, 2.05) is 23.9 Å². The quantitative estimate of drug-likeness (QED) is 0.861. The maximum Gasteiger partial charge on any atom is 0.223 e. The van der Waals surface area contributed by atoms with E-state index in [0.717, 1.165) is 43.1 Å². The topological polar surface area (TPSA) is 41.1 Å². The predicted octanol–water partition coefficient (Wildman–Crippen LogP) is 3.41. The van der Waals surface area contributed by atoms with E-state index in [2.05, 4.69) is 16.7 Å². The Morgan fingerprint density at radius 2 is 2.05 bits per heavy atom.